The molecule has 3 heteroatoms. The lowest BCUT2D eigenvalue weighted by molar-refractivity contribution is 0.0950. The first-order valence-electron chi connectivity index (χ1n) is 6.37. The van der Waals surface area contributed by atoms with Gasteiger partial charge in [-0.3, -0.25) is 4.90 Å². The summed E-state index contributed by atoms with van der Waals surface area (Å²) in [5.41, 5.74) is 7.92. The molecule has 2 rings (SSSR count). The van der Waals surface area contributed by atoms with E-state index in [0.29, 0.717) is 12.1 Å². The van der Waals surface area contributed by atoms with Gasteiger partial charge in [-0.1, -0.05) is 28.4 Å². The zero-order chi connectivity index (χ0) is 12.4. The maximum Gasteiger partial charge on any atom is 0.0325 e. The molecule has 0 bridgehead atoms. The minimum atomic E-state index is 0.684. The Bertz CT molecular complexity index is 382. The van der Waals surface area contributed by atoms with Crippen molar-refractivity contribution in [3.63, 3.8) is 0 Å². The fourth-order valence-electron chi connectivity index (χ4n) is 2.67. The minimum Gasteiger partial charge on any atom is -0.399 e. The van der Waals surface area contributed by atoms with Gasteiger partial charge in [0.15, 0.2) is 0 Å². The van der Waals surface area contributed by atoms with E-state index in [1.807, 2.05) is 12.1 Å². The van der Waals surface area contributed by atoms with Crippen LogP contribution in [0.3, 0.4) is 0 Å². The number of piperidine rings is 1. The average Bonchev–Trinajstić information content (AvgIpc) is 2.26. The van der Waals surface area contributed by atoms with Crippen LogP contribution in [0.25, 0.3) is 0 Å². The zero-order valence-corrected chi connectivity index (χ0v) is 12.2. The van der Waals surface area contributed by atoms with Gasteiger partial charge in [0, 0.05) is 28.8 Å². The molecule has 94 valence electrons. The first-order chi connectivity index (χ1) is 8.08. The van der Waals surface area contributed by atoms with Crippen LogP contribution in [0.2, 0.25) is 0 Å². The number of likely N-dealkylation sites (tertiary alicyclic amines) is 1. The summed E-state index contributed by atoms with van der Waals surface area (Å²) in [5.74, 6) is 0. The molecule has 1 fully saturated rings. The summed E-state index contributed by atoms with van der Waals surface area (Å²) in [6.07, 6.45) is 4.00. The SMILES string of the molecule is C[C@@H]1CCC[C@H](C)N1Cc1ccc(N)cc1Br. The highest BCUT2D eigenvalue weighted by atomic mass is 79.9. The summed E-state index contributed by atoms with van der Waals surface area (Å²) in [5, 5.41) is 0. The van der Waals surface area contributed by atoms with Crippen molar-refractivity contribution in [1.82, 2.24) is 4.90 Å². The molecule has 1 aliphatic heterocycles. The third-order valence-corrected chi connectivity index (χ3v) is 4.54. The highest BCUT2D eigenvalue weighted by Crippen LogP contribution is 2.27. The van der Waals surface area contributed by atoms with Crippen LogP contribution in [0.5, 0.6) is 0 Å². The van der Waals surface area contributed by atoms with Crippen LogP contribution >= 0.6 is 15.9 Å². The van der Waals surface area contributed by atoms with E-state index >= 15 is 0 Å². The van der Waals surface area contributed by atoms with E-state index in [1.54, 1.807) is 0 Å². The first kappa shape index (κ1) is 12.9. The molecular formula is C14H21BrN2. The predicted molar refractivity (Wildman–Crippen MR) is 76.9 cm³/mol. The molecule has 0 aliphatic carbocycles. The third-order valence-electron chi connectivity index (χ3n) is 3.81. The first-order valence-corrected chi connectivity index (χ1v) is 7.17. The number of benzene rings is 1. The summed E-state index contributed by atoms with van der Waals surface area (Å²) in [7, 11) is 0. The van der Waals surface area contributed by atoms with Crippen molar-refractivity contribution in [2.75, 3.05) is 5.73 Å². The zero-order valence-electron chi connectivity index (χ0n) is 10.6. The van der Waals surface area contributed by atoms with Crippen molar-refractivity contribution in [2.24, 2.45) is 0 Å². The van der Waals surface area contributed by atoms with E-state index in [-0.39, 0.29) is 0 Å². The van der Waals surface area contributed by atoms with Crippen LogP contribution in [0.1, 0.15) is 38.7 Å². The van der Waals surface area contributed by atoms with Gasteiger partial charge in [-0.05, 0) is 44.4 Å². The van der Waals surface area contributed by atoms with Crippen molar-refractivity contribution in [1.29, 1.82) is 0 Å². The Kier molecular flexibility index (Phi) is 4.10. The van der Waals surface area contributed by atoms with E-state index < -0.39 is 0 Å². The number of anilines is 1. The summed E-state index contributed by atoms with van der Waals surface area (Å²) >= 11 is 3.61. The Labute approximate surface area is 112 Å². The van der Waals surface area contributed by atoms with Crippen LogP contribution in [-0.4, -0.2) is 17.0 Å². The Morgan fingerprint density at radius 2 is 1.94 bits per heavy atom. The third kappa shape index (κ3) is 3.02. The van der Waals surface area contributed by atoms with Gasteiger partial charge < -0.3 is 5.73 Å². The lowest BCUT2D eigenvalue weighted by Gasteiger charge is -2.39. The van der Waals surface area contributed by atoms with Gasteiger partial charge in [-0.15, -0.1) is 0 Å². The molecule has 1 heterocycles. The minimum absolute atomic E-state index is 0.684. The molecule has 1 aromatic carbocycles. The quantitative estimate of drug-likeness (QED) is 0.841. The Morgan fingerprint density at radius 1 is 1.29 bits per heavy atom. The van der Waals surface area contributed by atoms with Gasteiger partial charge in [0.1, 0.15) is 0 Å². The summed E-state index contributed by atoms with van der Waals surface area (Å²) in [4.78, 5) is 2.60. The topological polar surface area (TPSA) is 29.3 Å². The Morgan fingerprint density at radius 3 is 2.53 bits per heavy atom. The molecule has 0 spiro atoms. The number of halogens is 1. The monoisotopic (exact) mass is 296 g/mol. The van der Waals surface area contributed by atoms with Gasteiger partial charge in [0.2, 0.25) is 0 Å². The summed E-state index contributed by atoms with van der Waals surface area (Å²) < 4.78 is 1.13. The molecular weight excluding hydrogens is 276 g/mol. The van der Waals surface area contributed by atoms with Crippen molar-refractivity contribution in [3.8, 4) is 0 Å². The second-order valence-corrected chi connectivity index (χ2v) is 6.01. The highest BCUT2D eigenvalue weighted by Gasteiger charge is 2.24. The molecule has 17 heavy (non-hydrogen) atoms. The fraction of sp³-hybridized carbons (Fsp3) is 0.571. The molecule has 1 aromatic rings. The van der Waals surface area contributed by atoms with Crippen LogP contribution in [-0.2, 0) is 6.54 Å². The van der Waals surface area contributed by atoms with E-state index in [9.17, 15) is 0 Å². The number of nitrogens with two attached hydrogens (primary N) is 1. The number of hydrogen-bond acceptors (Lipinski definition) is 2. The van der Waals surface area contributed by atoms with E-state index in [0.717, 1.165) is 16.7 Å². The molecule has 0 aromatic heterocycles. The average molecular weight is 297 g/mol. The standard InChI is InChI=1S/C14H21BrN2/c1-10-4-3-5-11(2)17(10)9-12-6-7-13(16)8-14(12)15/h6-8,10-11H,3-5,9,16H2,1-2H3/t10-,11+. The van der Waals surface area contributed by atoms with Gasteiger partial charge >= 0.3 is 0 Å². The summed E-state index contributed by atoms with van der Waals surface area (Å²) in [6, 6.07) is 7.48. The van der Waals surface area contributed by atoms with Crippen LogP contribution in [0.4, 0.5) is 5.69 Å². The Hall–Kier alpha value is -0.540. The van der Waals surface area contributed by atoms with Gasteiger partial charge in [0.05, 0.1) is 0 Å². The smallest absolute Gasteiger partial charge is 0.0325 e. The molecule has 2 nitrogen and oxygen atoms in total. The predicted octanol–water partition coefficient (Wildman–Crippen LogP) is 3.79. The molecule has 2 atom stereocenters. The molecule has 1 saturated heterocycles. The molecule has 0 radical (unpaired) electrons. The van der Waals surface area contributed by atoms with E-state index in [2.05, 4.69) is 40.7 Å². The second kappa shape index (κ2) is 5.40. The van der Waals surface area contributed by atoms with Crippen molar-refractivity contribution >= 4 is 21.6 Å². The second-order valence-electron chi connectivity index (χ2n) is 5.15. The van der Waals surface area contributed by atoms with Gasteiger partial charge in [-0.25, -0.2) is 0 Å². The normalized spacial score (nSPS) is 26.1. The van der Waals surface area contributed by atoms with Crippen molar-refractivity contribution in [2.45, 2.75) is 51.7 Å². The fourth-order valence-corrected chi connectivity index (χ4v) is 3.20. The van der Waals surface area contributed by atoms with Crippen LogP contribution in [0.15, 0.2) is 22.7 Å². The summed E-state index contributed by atoms with van der Waals surface area (Å²) in [6.45, 7) is 5.69. The molecule has 0 saturated carbocycles. The lowest BCUT2D eigenvalue weighted by Crippen LogP contribution is -2.43. The Balaban J connectivity index is 2.13. The lowest BCUT2D eigenvalue weighted by atomic mass is 9.97. The van der Waals surface area contributed by atoms with Gasteiger partial charge in [0.25, 0.3) is 0 Å². The van der Waals surface area contributed by atoms with E-state index in [4.69, 9.17) is 5.73 Å². The molecule has 1 aliphatic rings. The largest absolute Gasteiger partial charge is 0.399 e. The number of nitrogens with zero attached hydrogens (tertiary/aromatic N) is 1. The van der Waals surface area contributed by atoms with Crippen molar-refractivity contribution in [3.05, 3.63) is 28.2 Å². The van der Waals surface area contributed by atoms with Crippen molar-refractivity contribution < 1.29 is 0 Å². The number of hydrogen-bond donors (Lipinski definition) is 1. The van der Waals surface area contributed by atoms with E-state index in [1.165, 1.54) is 24.8 Å². The maximum absolute atomic E-state index is 5.77. The van der Waals surface area contributed by atoms with Crippen LogP contribution < -0.4 is 5.73 Å². The highest BCUT2D eigenvalue weighted by molar-refractivity contribution is 9.10. The number of rotatable bonds is 2. The molecule has 0 unspecified atom stereocenters. The maximum atomic E-state index is 5.77. The van der Waals surface area contributed by atoms with Gasteiger partial charge in [-0.2, -0.15) is 0 Å². The molecule has 2 N–H and O–H groups in total. The number of nitrogen functional groups attached to an aromatic ring is 1. The van der Waals surface area contributed by atoms with Crippen LogP contribution in [0, 0.1) is 0 Å². The molecule has 0 amide bonds.